The summed E-state index contributed by atoms with van der Waals surface area (Å²) in [5.41, 5.74) is 1.31. The summed E-state index contributed by atoms with van der Waals surface area (Å²) < 4.78 is 13.6. The van der Waals surface area contributed by atoms with Crippen LogP contribution in [0.4, 0.5) is 0 Å². The number of ether oxygens (including phenoxy) is 2. The van der Waals surface area contributed by atoms with Crippen LogP contribution in [-0.2, 0) is 0 Å². The van der Waals surface area contributed by atoms with Gasteiger partial charge in [0, 0.05) is 10.4 Å². The molecule has 6 nitrogen and oxygen atoms in total. The van der Waals surface area contributed by atoms with E-state index in [1.165, 1.54) is 4.68 Å². The van der Waals surface area contributed by atoms with Crippen LogP contribution in [0.2, 0.25) is 0 Å². The molecular weight excluding hydrogens is 470 g/mol. The monoisotopic (exact) mass is 499 g/mol. The van der Waals surface area contributed by atoms with Crippen molar-refractivity contribution in [3.63, 3.8) is 0 Å². The highest BCUT2D eigenvalue weighted by Crippen LogP contribution is 2.29. The Labute approximate surface area is 197 Å². The number of nitrogens with zero attached hydrogens (tertiary/aromatic N) is 3. The maximum Gasteiger partial charge on any atom is 0.282 e. The minimum Gasteiger partial charge on any atom is -0.493 e. The number of methoxy groups -OCH3 is 1. The summed E-state index contributed by atoms with van der Waals surface area (Å²) in [5, 5.41) is 5.04. The topological polar surface area (TPSA) is 65.7 Å². The molecule has 0 saturated carbocycles. The number of halogens is 1. The molecule has 0 aliphatic heterocycles. The van der Waals surface area contributed by atoms with Gasteiger partial charge in [-0.25, -0.2) is 4.98 Å². The van der Waals surface area contributed by atoms with Gasteiger partial charge in [0.15, 0.2) is 11.5 Å². The van der Waals surface area contributed by atoms with Gasteiger partial charge in [-0.3, -0.25) is 4.79 Å². The summed E-state index contributed by atoms with van der Waals surface area (Å²) in [4.78, 5) is 18.0. The molecular formula is C25H30BrN3O3. The normalized spacial score (nSPS) is 13.0. The molecule has 0 N–H and O–H groups in total. The van der Waals surface area contributed by atoms with Crippen molar-refractivity contribution in [3.8, 4) is 11.5 Å². The molecule has 7 heteroatoms. The van der Waals surface area contributed by atoms with Crippen LogP contribution in [0.15, 0.2) is 50.8 Å². The van der Waals surface area contributed by atoms with E-state index in [9.17, 15) is 4.79 Å². The van der Waals surface area contributed by atoms with Crippen molar-refractivity contribution >= 4 is 33.0 Å². The Morgan fingerprint density at radius 1 is 1.19 bits per heavy atom. The van der Waals surface area contributed by atoms with Gasteiger partial charge >= 0.3 is 0 Å². The minimum absolute atomic E-state index is 0.0384. The fraction of sp³-hybridized carbons (Fsp3) is 0.400. The van der Waals surface area contributed by atoms with E-state index >= 15 is 0 Å². The fourth-order valence-electron chi connectivity index (χ4n) is 3.08. The number of aromatic nitrogens is 2. The van der Waals surface area contributed by atoms with Crippen LogP contribution in [0.3, 0.4) is 0 Å². The molecule has 0 spiro atoms. The van der Waals surface area contributed by atoms with Crippen LogP contribution in [0.25, 0.3) is 10.9 Å². The predicted molar refractivity (Wildman–Crippen MR) is 133 cm³/mol. The van der Waals surface area contributed by atoms with Crippen LogP contribution in [-0.4, -0.2) is 29.6 Å². The molecule has 3 aromatic rings. The zero-order valence-corrected chi connectivity index (χ0v) is 21.1. The minimum atomic E-state index is -0.194. The molecule has 2 aromatic carbocycles. The highest BCUT2D eigenvalue weighted by atomic mass is 79.9. The Balaban J connectivity index is 2.02. The average molecular weight is 500 g/mol. The fourth-order valence-corrected chi connectivity index (χ4v) is 3.44. The van der Waals surface area contributed by atoms with Crippen LogP contribution < -0.4 is 15.0 Å². The number of benzene rings is 2. The maximum absolute atomic E-state index is 13.2. The molecule has 0 fully saturated rings. The summed E-state index contributed by atoms with van der Waals surface area (Å²) in [5.74, 6) is 2.01. The molecule has 32 heavy (non-hydrogen) atoms. The SMILES string of the molecule is CC[C@@H](C)c1nc2ccc(Br)cc2c(=O)n1N=Cc1ccc(OCC(C)(C)C)c(OC)c1. The van der Waals surface area contributed by atoms with Crippen molar-refractivity contribution in [1.29, 1.82) is 0 Å². The third kappa shape index (κ3) is 5.57. The molecule has 1 aromatic heterocycles. The number of fused-ring (bicyclic) bond motifs is 1. The Hall–Kier alpha value is -2.67. The zero-order valence-electron chi connectivity index (χ0n) is 19.5. The number of hydrogen-bond acceptors (Lipinski definition) is 5. The van der Waals surface area contributed by atoms with Crippen LogP contribution in [0.1, 0.15) is 58.3 Å². The van der Waals surface area contributed by atoms with Gasteiger partial charge in [-0.1, -0.05) is 50.5 Å². The first kappa shape index (κ1) is 24.0. The third-order valence-corrected chi connectivity index (χ3v) is 5.55. The van der Waals surface area contributed by atoms with Gasteiger partial charge in [-0.15, -0.1) is 0 Å². The first-order valence-corrected chi connectivity index (χ1v) is 11.5. The lowest BCUT2D eigenvalue weighted by atomic mass is 9.99. The third-order valence-electron chi connectivity index (χ3n) is 5.06. The molecule has 0 radical (unpaired) electrons. The molecule has 0 saturated heterocycles. The van der Waals surface area contributed by atoms with Crippen molar-refractivity contribution < 1.29 is 9.47 Å². The molecule has 3 rings (SSSR count). The van der Waals surface area contributed by atoms with E-state index < -0.39 is 0 Å². The van der Waals surface area contributed by atoms with Crippen molar-refractivity contribution in [2.45, 2.75) is 47.0 Å². The lowest BCUT2D eigenvalue weighted by Crippen LogP contribution is -2.23. The molecule has 0 aliphatic rings. The van der Waals surface area contributed by atoms with E-state index in [-0.39, 0.29) is 16.9 Å². The van der Waals surface area contributed by atoms with E-state index in [1.54, 1.807) is 19.4 Å². The van der Waals surface area contributed by atoms with Gasteiger partial charge in [-0.05, 0) is 53.8 Å². The second kappa shape index (κ2) is 9.86. The summed E-state index contributed by atoms with van der Waals surface area (Å²) in [6, 6.07) is 11.1. The summed E-state index contributed by atoms with van der Waals surface area (Å²) in [6.45, 7) is 11.0. The van der Waals surface area contributed by atoms with E-state index in [4.69, 9.17) is 14.5 Å². The van der Waals surface area contributed by atoms with Crippen molar-refractivity contribution in [2.24, 2.45) is 10.5 Å². The molecule has 0 bridgehead atoms. The standard InChI is InChI=1S/C25H30BrN3O3/c1-7-16(2)23-28-20-10-9-18(26)13-19(20)24(30)29(23)27-14-17-8-11-21(22(12-17)31-6)32-15-25(3,4)5/h8-14,16H,7,15H2,1-6H3/t16-/m1/s1. The highest BCUT2D eigenvalue weighted by molar-refractivity contribution is 9.10. The second-order valence-corrected chi connectivity index (χ2v) is 9.98. The van der Waals surface area contributed by atoms with Crippen molar-refractivity contribution in [2.75, 3.05) is 13.7 Å². The van der Waals surface area contributed by atoms with E-state index in [0.717, 1.165) is 16.5 Å². The summed E-state index contributed by atoms with van der Waals surface area (Å²) in [6.07, 6.45) is 2.49. The lowest BCUT2D eigenvalue weighted by Gasteiger charge is -2.20. The molecule has 0 aliphatic carbocycles. The molecule has 1 atom stereocenters. The molecule has 1 heterocycles. The largest absolute Gasteiger partial charge is 0.493 e. The van der Waals surface area contributed by atoms with E-state index in [0.29, 0.717) is 34.8 Å². The first-order valence-electron chi connectivity index (χ1n) is 10.7. The average Bonchev–Trinajstić information content (AvgIpc) is 2.76. The number of hydrogen-bond donors (Lipinski definition) is 0. The highest BCUT2D eigenvalue weighted by Gasteiger charge is 2.16. The van der Waals surface area contributed by atoms with Gasteiger partial charge in [0.25, 0.3) is 5.56 Å². The van der Waals surface area contributed by atoms with Crippen LogP contribution >= 0.6 is 15.9 Å². The Morgan fingerprint density at radius 2 is 1.94 bits per heavy atom. The Morgan fingerprint density at radius 3 is 2.59 bits per heavy atom. The van der Waals surface area contributed by atoms with Crippen molar-refractivity contribution in [1.82, 2.24) is 9.66 Å². The summed E-state index contributed by atoms with van der Waals surface area (Å²) >= 11 is 3.44. The summed E-state index contributed by atoms with van der Waals surface area (Å²) in [7, 11) is 1.61. The number of rotatable bonds is 7. The first-order chi connectivity index (χ1) is 15.1. The maximum atomic E-state index is 13.2. The Kier molecular flexibility index (Phi) is 7.39. The second-order valence-electron chi connectivity index (χ2n) is 9.06. The van der Waals surface area contributed by atoms with Gasteiger partial charge in [0.2, 0.25) is 0 Å². The molecule has 0 unspecified atom stereocenters. The molecule has 0 amide bonds. The molecule has 170 valence electrons. The lowest BCUT2D eigenvalue weighted by molar-refractivity contribution is 0.191. The van der Waals surface area contributed by atoms with Crippen LogP contribution in [0, 0.1) is 5.41 Å². The van der Waals surface area contributed by atoms with Crippen molar-refractivity contribution in [3.05, 3.63) is 62.6 Å². The Bertz CT molecular complexity index is 1200. The van der Waals surface area contributed by atoms with E-state index in [1.807, 2.05) is 37.3 Å². The van der Waals surface area contributed by atoms with E-state index in [2.05, 4.69) is 48.7 Å². The van der Waals surface area contributed by atoms with Crippen LogP contribution in [0.5, 0.6) is 11.5 Å². The van der Waals surface area contributed by atoms with Gasteiger partial charge in [-0.2, -0.15) is 9.78 Å². The van der Waals surface area contributed by atoms with Gasteiger partial charge < -0.3 is 9.47 Å². The van der Waals surface area contributed by atoms with Gasteiger partial charge in [0.1, 0.15) is 5.82 Å². The smallest absolute Gasteiger partial charge is 0.282 e. The predicted octanol–water partition coefficient (Wildman–Crippen LogP) is 5.99. The van der Waals surface area contributed by atoms with Gasteiger partial charge in [0.05, 0.1) is 30.8 Å². The zero-order chi connectivity index (χ0) is 23.5. The quantitative estimate of drug-likeness (QED) is 0.374.